The van der Waals surface area contributed by atoms with E-state index in [0.717, 1.165) is 11.0 Å². The van der Waals surface area contributed by atoms with Gasteiger partial charge in [0.25, 0.3) is 0 Å². The third-order valence-corrected chi connectivity index (χ3v) is 3.13. The Labute approximate surface area is 108 Å². The van der Waals surface area contributed by atoms with E-state index in [1.165, 1.54) is 6.20 Å². The summed E-state index contributed by atoms with van der Waals surface area (Å²) in [5, 5.41) is 9.68. The van der Waals surface area contributed by atoms with Crippen molar-refractivity contribution in [1.82, 2.24) is 14.5 Å². The monoisotopic (exact) mass is 259 g/mol. The highest BCUT2D eigenvalue weighted by Crippen LogP contribution is 2.20. The Kier molecular flexibility index (Phi) is 2.74. The van der Waals surface area contributed by atoms with E-state index in [0.29, 0.717) is 16.4 Å². The zero-order valence-electron chi connectivity index (χ0n) is 9.42. The van der Waals surface area contributed by atoms with E-state index in [1.807, 2.05) is 28.8 Å². The quantitative estimate of drug-likeness (QED) is 0.770. The van der Waals surface area contributed by atoms with Gasteiger partial charge in [-0.2, -0.15) is 0 Å². The van der Waals surface area contributed by atoms with Gasteiger partial charge >= 0.3 is 0 Å². The smallest absolute Gasteiger partial charge is 0.138 e. The summed E-state index contributed by atoms with van der Waals surface area (Å²) >= 11 is 5.93. The number of imidazole rings is 1. The number of hydrogen-bond donors (Lipinski definition) is 1. The van der Waals surface area contributed by atoms with Crippen LogP contribution in [0.3, 0.4) is 0 Å². The predicted octanol–water partition coefficient (Wildman–Crippen LogP) is 2.57. The maximum absolute atomic E-state index is 9.22. The zero-order chi connectivity index (χ0) is 12.5. The largest absolute Gasteiger partial charge is 0.392 e. The van der Waals surface area contributed by atoms with E-state index < -0.39 is 0 Å². The molecule has 3 rings (SSSR count). The SMILES string of the molecule is OCc1cc(-n2cnc3ccccc32)ncc1Cl. The van der Waals surface area contributed by atoms with Crippen molar-refractivity contribution in [2.24, 2.45) is 0 Å². The molecule has 1 N–H and O–H groups in total. The number of rotatable bonds is 2. The van der Waals surface area contributed by atoms with Crippen LogP contribution in [0, 0.1) is 0 Å². The Balaban J connectivity index is 2.20. The van der Waals surface area contributed by atoms with Crippen molar-refractivity contribution in [3.63, 3.8) is 0 Å². The molecular formula is C13H10ClN3O. The lowest BCUT2D eigenvalue weighted by Crippen LogP contribution is -1.98. The highest BCUT2D eigenvalue weighted by molar-refractivity contribution is 6.31. The Morgan fingerprint density at radius 1 is 1.22 bits per heavy atom. The van der Waals surface area contributed by atoms with Crippen LogP contribution in [0.25, 0.3) is 16.9 Å². The standard InChI is InChI=1S/C13H10ClN3O/c14-10-6-15-13(5-9(10)7-18)17-8-16-11-3-1-2-4-12(11)17/h1-6,8,18H,7H2. The molecule has 0 aliphatic rings. The fourth-order valence-corrected chi connectivity index (χ4v) is 2.03. The van der Waals surface area contributed by atoms with Gasteiger partial charge in [-0.05, 0) is 18.2 Å². The number of benzene rings is 1. The summed E-state index contributed by atoms with van der Waals surface area (Å²) in [6, 6.07) is 9.56. The van der Waals surface area contributed by atoms with E-state index in [9.17, 15) is 5.11 Å². The maximum Gasteiger partial charge on any atom is 0.138 e. The molecule has 0 fully saturated rings. The number of aromatic nitrogens is 3. The van der Waals surface area contributed by atoms with Crippen LogP contribution in [0.4, 0.5) is 0 Å². The number of pyridine rings is 1. The van der Waals surface area contributed by atoms with E-state index in [4.69, 9.17) is 11.6 Å². The van der Waals surface area contributed by atoms with Crippen molar-refractivity contribution >= 4 is 22.6 Å². The molecule has 2 aromatic heterocycles. The highest BCUT2D eigenvalue weighted by Gasteiger charge is 2.07. The summed E-state index contributed by atoms with van der Waals surface area (Å²) in [7, 11) is 0. The first-order chi connectivity index (χ1) is 8.79. The molecule has 0 bridgehead atoms. The van der Waals surface area contributed by atoms with Gasteiger partial charge in [0.15, 0.2) is 0 Å². The average Bonchev–Trinajstić information content (AvgIpc) is 2.83. The zero-order valence-corrected chi connectivity index (χ0v) is 10.2. The number of aliphatic hydroxyl groups excluding tert-OH is 1. The third kappa shape index (κ3) is 1.75. The van der Waals surface area contributed by atoms with Crippen LogP contribution in [0.1, 0.15) is 5.56 Å². The normalized spacial score (nSPS) is 11.0. The number of aliphatic hydroxyl groups is 1. The van der Waals surface area contributed by atoms with Gasteiger partial charge in [0, 0.05) is 11.8 Å². The molecule has 90 valence electrons. The second-order valence-electron chi connectivity index (χ2n) is 3.90. The van der Waals surface area contributed by atoms with Crippen LogP contribution in [0.2, 0.25) is 5.02 Å². The molecular weight excluding hydrogens is 250 g/mol. The lowest BCUT2D eigenvalue weighted by Gasteiger charge is -2.06. The van der Waals surface area contributed by atoms with Crippen LogP contribution in [0.15, 0.2) is 42.9 Å². The minimum atomic E-state index is -0.110. The molecule has 0 saturated carbocycles. The molecule has 1 aromatic carbocycles. The van der Waals surface area contributed by atoms with E-state index in [2.05, 4.69) is 9.97 Å². The number of hydrogen-bond acceptors (Lipinski definition) is 3. The van der Waals surface area contributed by atoms with Gasteiger partial charge in [0.1, 0.15) is 12.1 Å². The maximum atomic E-state index is 9.22. The van der Waals surface area contributed by atoms with Crippen molar-refractivity contribution in [2.75, 3.05) is 0 Å². The van der Waals surface area contributed by atoms with Crippen LogP contribution >= 0.6 is 11.6 Å². The summed E-state index contributed by atoms with van der Waals surface area (Å²) in [5.74, 6) is 0.692. The molecule has 18 heavy (non-hydrogen) atoms. The Morgan fingerprint density at radius 2 is 2.06 bits per heavy atom. The van der Waals surface area contributed by atoms with E-state index in [-0.39, 0.29) is 6.61 Å². The summed E-state index contributed by atoms with van der Waals surface area (Å²) in [5.41, 5.74) is 2.52. The molecule has 5 heteroatoms. The molecule has 4 nitrogen and oxygen atoms in total. The summed E-state index contributed by atoms with van der Waals surface area (Å²) in [4.78, 5) is 8.56. The van der Waals surface area contributed by atoms with Gasteiger partial charge in [-0.25, -0.2) is 9.97 Å². The molecule has 0 spiro atoms. The van der Waals surface area contributed by atoms with Crippen molar-refractivity contribution in [1.29, 1.82) is 0 Å². The second-order valence-corrected chi connectivity index (χ2v) is 4.30. The van der Waals surface area contributed by atoms with Crippen molar-refractivity contribution in [3.8, 4) is 5.82 Å². The van der Waals surface area contributed by atoms with Crippen LogP contribution in [-0.2, 0) is 6.61 Å². The molecule has 3 aromatic rings. The molecule has 0 unspecified atom stereocenters. The third-order valence-electron chi connectivity index (χ3n) is 2.79. The van der Waals surface area contributed by atoms with Gasteiger partial charge in [0.05, 0.1) is 22.7 Å². The molecule has 0 atom stereocenters. The van der Waals surface area contributed by atoms with E-state index in [1.54, 1.807) is 12.4 Å². The number of nitrogens with zero attached hydrogens (tertiary/aromatic N) is 3. The molecule has 0 aliphatic carbocycles. The fraction of sp³-hybridized carbons (Fsp3) is 0.0769. The Bertz CT molecular complexity index is 708. The van der Waals surface area contributed by atoms with Gasteiger partial charge in [-0.1, -0.05) is 23.7 Å². The first-order valence-corrected chi connectivity index (χ1v) is 5.85. The minimum Gasteiger partial charge on any atom is -0.392 e. The summed E-state index contributed by atoms with van der Waals surface area (Å²) in [6.07, 6.45) is 3.25. The Hall–Kier alpha value is -1.91. The van der Waals surface area contributed by atoms with Gasteiger partial charge < -0.3 is 5.11 Å². The summed E-state index contributed by atoms with van der Waals surface area (Å²) < 4.78 is 1.87. The summed E-state index contributed by atoms with van der Waals surface area (Å²) in [6.45, 7) is -0.110. The molecule has 0 saturated heterocycles. The molecule has 2 heterocycles. The van der Waals surface area contributed by atoms with Crippen molar-refractivity contribution in [3.05, 3.63) is 53.4 Å². The number of para-hydroxylation sites is 2. The van der Waals surface area contributed by atoms with Crippen molar-refractivity contribution in [2.45, 2.75) is 6.61 Å². The first-order valence-electron chi connectivity index (χ1n) is 5.47. The van der Waals surface area contributed by atoms with Gasteiger partial charge in [0.2, 0.25) is 0 Å². The lowest BCUT2D eigenvalue weighted by molar-refractivity contribution is 0.282. The minimum absolute atomic E-state index is 0.110. The van der Waals surface area contributed by atoms with Crippen molar-refractivity contribution < 1.29 is 5.11 Å². The predicted molar refractivity (Wildman–Crippen MR) is 69.8 cm³/mol. The fourth-order valence-electron chi connectivity index (χ4n) is 1.86. The average molecular weight is 260 g/mol. The molecule has 0 radical (unpaired) electrons. The number of fused-ring (bicyclic) bond motifs is 1. The second kappa shape index (κ2) is 4.40. The highest BCUT2D eigenvalue weighted by atomic mass is 35.5. The van der Waals surface area contributed by atoms with Crippen LogP contribution in [0.5, 0.6) is 0 Å². The Morgan fingerprint density at radius 3 is 2.89 bits per heavy atom. The van der Waals surface area contributed by atoms with E-state index >= 15 is 0 Å². The lowest BCUT2D eigenvalue weighted by atomic mass is 10.2. The topological polar surface area (TPSA) is 50.9 Å². The van der Waals surface area contributed by atoms with Crippen LogP contribution in [-0.4, -0.2) is 19.6 Å². The molecule has 0 aliphatic heterocycles. The van der Waals surface area contributed by atoms with Gasteiger partial charge in [-0.15, -0.1) is 0 Å². The first kappa shape index (κ1) is 11.2. The number of halogens is 1. The van der Waals surface area contributed by atoms with Gasteiger partial charge in [-0.3, -0.25) is 4.57 Å². The van der Waals surface area contributed by atoms with Crippen LogP contribution < -0.4 is 0 Å². The molecule has 0 amide bonds.